The van der Waals surface area contributed by atoms with Gasteiger partial charge in [0, 0.05) is 20.0 Å². The molecule has 0 bridgehead atoms. The van der Waals surface area contributed by atoms with Crippen molar-refractivity contribution < 1.29 is 14.3 Å². The molecule has 0 aliphatic carbocycles. The lowest BCUT2D eigenvalue weighted by Crippen LogP contribution is -2.48. The van der Waals surface area contributed by atoms with Crippen molar-refractivity contribution >= 4 is 11.8 Å². The molecule has 2 aromatic carbocycles. The summed E-state index contributed by atoms with van der Waals surface area (Å²) in [7, 11) is 1.59. The van der Waals surface area contributed by atoms with Crippen molar-refractivity contribution in [3.63, 3.8) is 0 Å². The van der Waals surface area contributed by atoms with Gasteiger partial charge in [0.05, 0.1) is 6.61 Å². The van der Waals surface area contributed by atoms with Crippen LogP contribution in [0.1, 0.15) is 25.3 Å². The quantitative estimate of drug-likeness (QED) is 0.656. The van der Waals surface area contributed by atoms with Gasteiger partial charge >= 0.3 is 0 Å². The average Bonchev–Trinajstić information content (AvgIpc) is 2.72. The number of rotatable bonds is 10. The number of carbonyl (C=O) groups is 2. The van der Waals surface area contributed by atoms with Gasteiger partial charge in [-0.25, -0.2) is 0 Å². The summed E-state index contributed by atoms with van der Waals surface area (Å²) in [5.41, 5.74) is 1.15. The summed E-state index contributed by atoms with van der Waals surface area (Å²) in [6.45, 7) is 2.75. The zero-order valence-corrected chi connectivity index (χ0v) is 16.1. The van der Waals surface area contributed by atoms with E-state index in [1.807, 2.05) is 60.7 Å². The van der Waals surface area contributed by atoms with Crippen molar-refractivity contribution in [1.29, 1.82) is 0 Å². The normalized spacial score (nSPS) is 11.5. The Bertz CT molecular complexity index is 704. The molecule has 0 saturated heterocycles. The van der Waals surface area contributed by atoms with Crippen LogP contribution in [0.5, 0.6) is 5.75 Å². The first kappa shape index (κ1) is 20.5. The van der Waals surface area contributed by atoms with Gasteiger partial charge in [-0.05, 0) is 37.5 Å². The Balaban J connectivity index is 1.88. The fourth-order valence-electron chi connectivity index (χ4n) is 2.85. The van der Waals surface area contributed by atoms with Crippen LogP contribution in [0.2, 0.25) is 0 Å². The number of hydrogen-bond donors (Lipinski definition) is 1. The third-order valence-electron chi connectivity index (χ3n) is 4.44. The van der Waals surface area contributed by atoms with Crippen molar-refractivity contribution in [3.8, 4) is 5.75 Å². The average molecular weight is 368 g/mol. The third kappa shape index (κ3) is 6.77. The Hall–Kier alpha value is -2.82. The molecule has 0 aliphatic heterocycles. The van der Waals surface area contributed by atoms with Crippen LogP contribution in [0, 0.1) is 0 Å². The van der Waals surface area contributed by atoms with E-state index in [4.69, 9.17) is 4.74 Å². The van der Waals surface area contributed by atoms with E-state index in [1.165, 1.54) is 0 Å². The minimum atomic E-state index is -0.499. The molecule has 2 aromatic rings. The van der Waals surface area contributed by atoms with Gasteiger partial charge in [-0.1, -0.05) is 48.5 Å². The molecule has 2 amide bonds. The number of benzene rings is 2. The van der Waals surface area contributed by atoms with E-state index in [9.17, 15) is 9.59 Å². The van der Waals surface area contributed by atoms with Gasteiger partial charge in [-0.2, -0.15) is 0 Å². The summed E-state index contributed by atoms with van der Waals surface area (Å²) >= 11 is 0. The summed E-state index contributed by atoms with van der Waals surface area (Å²) in [5.74, 6) is 0.611. The Labute approximate surface area is 161 Å². The van der Waals surface area contributed by atoms with E-state index in [1.54, 1.807) is 18.9 Å². The van der Waals surface area contributed by atoms with Crippen LogP contribution >= 0.6 is 0 Å². The summed E-state index contributed by atoms with van der Waals surface area (Å²) in [4.78, 5) is 26.4. The molecule has 1 atom stereocenters. The van der Waals surface area contributed by atoms with Crippen molar-refractivity contribution in [3.05, 3.63) is 66.2 Å². The van der Waals surface area contributed by atoms with Gasteiger partial charge < -0.3 is 15.0 Å². The second-order valence-corrected chi connectivity index (χ2v) is 6.38. The lowest BCUT2D eigenvalue weighted by atomic mass is 10.1. The molecule has 0 radical (unpaired) electrons. The van der Waals surface area contributed by atoms with E-state index < -0.39 is 6.04 Å². The molecule has 27 heavy (non-hydrogen) atoms. The van der Waals surface area contributed by atoms with Crippen molar-refractivity contribution in [2.45, 2.75) is 32.2 Å². The second kappa shape index (κ2) is 11.0. The number of likely N-dealkylation sites (N-methyl/N-ethyl adjacent to an activating group) is 1. The van der Waals surface area contributed by atoms with Gasteiger partial charge in [0.1, 0.15) is 11.8 Å². The van der Waals surface area contributed by atoms with Crippen LogP contribution in [0.25, 0.3) is 0 Å². The molecule has 144 valence electrons. The van der Waals surface area contributed by atoms with Gasteiger partial charge in [-0.15, -0.1) is 0 Å². The third-order valence-corrected chi connectivity index (χ3v) is 4.44. The molecule has 5 heteroatoms. The maximum absolute atomic E-state index is 12.7. The lowest BCUT2D eigenvalue weighted by Gasteiger charge is -2.28. The van der Waals surface area contributed by atoms with E-state index in [2.05, 4.69) is 5.32 Å². The molecule has 5 nitrogen and oxygen atoms in total. The van der Waals surface area contributed by atoms with Gasteiger partial charge in [0.2, 0.25) is 11.8 Å². The zero-order chi connectivity index (χ0) is 19.5. The molecule has 2 rings (SSSR count). The SMILES string of the molecule is CNC(=O)C(C)N(CCc1ccccc1)C(=O)CCCOc1ccccc1. The zero-order valence-electron chi connectivity index (χ0n) is 16.1. The first-order valence-electron chi connectivity index (χ1n) is 9.34. The standard InChI is InChI=1S/C22H28N2O3/c1-18(22(26)23-2)24(16-15-19-10-5-3-6-11-19)21(25)14-9-17-27-20-12-7-4-8-13-20/h3-8,10-13,18H,9,14-17H2,1-2H3,(H,23,26). The number of amides is 2. The molecule has 0 spiro atoms. The highest BCUT2D eigenvalue weighted by molar-refractivity contribution is 5.87. The van der Waals surface area contributed by atoms with Crippen LogP contribution in [0.3, 0.4) is 0 Å². The molecular weight excluding hydrogens is 340 g/mol. The molecule has 0 heterocycles. The smallest absolute Gasteiger partial charge is 0.242 e. The summed E-state index contributed by atoms with van der Waals surface area (Å²) in [6.07, 6.45) is 1.67. The highest BCUT2D eigenvalue weighted by atomic mass is 16.5. The fraction of sp³-hybridized carbons (Fsp3) is 0.364. The number of hydrogen-bond acceptors (Lipinski definition) is 3. The first-order chi connectivity index (χ1) is 13.1. The maximum atomic E-state index is 12.7. The number of ether oxygens (including phenoxy) is 1. The van der Waals surface area contributed by atoms with Gasteiger partial charge in [-0.3, -0.25) is 9.59 Å². The van der Waals surface area contributed by atoms with E-state index in [0.29, 0.717) is 32.4 Å². The maximum Gasteiger partial charge on any atom is 0.242 e. The van der Waals surface area contributed by atoms with E-state index in [-0.39, 0.29) is 11.8 Å². The monoisotopic (exact) mass is 368 g/mol. The molecule has 1 N–H and O–H groups in total. The van der Waals surface area contributed by atoms with Crippen molar-refractivity contribution in [1.82, 2.24) is 10.2 Å². The first-order valence-corrected chi connectivity index (χ1v) is 9.34. The summed E-state index contributed by atoms with van der Waals surface area (Å²) in [5, 5.41) is 2.63. The van der Waals surface area contributed by atoms with Crippen LogP contribution in [-0.4, -0.2) is 43.0 Å². The number of nitrogens with zero attached hydrogens (tertiary/aromatic N) is 1. The Morgan fingerprint density at radius 3 is 2.30 bits per heavy atom. The molecule has 0 aromatic heterocycles. The van der Waals surface area contributed by atoms with E-state index >= 15 is 0 Å². The van der Waals surface area contributed by atoms with Gasteiger partial charge in [0.15, 0.2) is 0 Å². The molecule has 0 fully saturated rings. The minimum Gasteiger partial charge on any atom is -0.494 e. The number of para-hydroxylation sites is 1. The fourth-order valence-corrected chi connectivity index (χ4v) is 2.85. The lowest BCUT2D eigenvalue weighted by molar-refractivity contribution is -0.139. The van der Waals surface area contributed by atoms with Crippen LogP contribution < -0.4 is 10.1 Å². The summed E-state index contributed by atoms with van der Waals surface area (Å²) < 4.78 is 5.64. The minimum absolute atomic E-state index is 0.0290. The Morgan fingerprint density at radius 1 is 1.04 bits per heavy atom. The molecule has 1 unspecified atom stereocenters. The predicted molar refractivity (Wildman–Crippen MR) is 107 cm³/mol. The van der Waals surface area contributed by atoms with Crippen LogP contribution in [0.15, 0.2) is 60.7 Å². The number of nitrogens with one attached hydrogen (secondary N) is 1. The Morgan fingerprint density at radius 2 is 1.67 bits per heavy atom. The van der Waals surface area contributed by atoms with Gasteiger partial charge in [0.25, 0.3) is 0 Å². The largest absolute Gasteiger partial charge is 0.494 e. The molecular formula is C22H28N2O3. The predicted octanol–water partition coefficient (Wildman–Crippen LogP) is 3.05. The van der Waals surface area contributed by atoms with Crippen LogP contribution in [0.4, 0.5) is 0 Å². The Kier molecular flexibility index (Phi) is 8.36. The highest BCUT2D eigenvalue weighted by Crippen LogP contribution is 2.11. The summed E-state index contributed by atoms with van der Waals surface area (Å²) in [6, 6.07) is 19.0. The van der Waals surface area contributed by atoms with Crippen LogP contribution in [-0.2, 0) is 16.0 Å². The second-order valence-electron chi connectivity index (χ2n) is 6.38. The highest BCUT2D eigenvalue weighted by Gasteiger charge is 2.24. The number of carbonyl (C=O) groups excluding carboxylic acids is 2. The van der Waals surface area contributed by atoms with E-state index in [0.717, 1.165) is 11.3 Å². The topological polar surface area (TPSA) is 58.6 Å². The molecule has 0 saturated carbocycles. The van der Waals surface area contributed by atoms with Crippen molar-refractivity contribution in [2.24, 2.45) is 0 Å². The molecule has 0 aliphatic rings. The van der Waals surface area contributed by atoms with Crippen molar-refractivity contribution in [2.75, 3.05) is 20.2 Å².